The van der Waals surface area contributed by atoms with Crippen molar-refractivity contribution in [2.75, 3.05) is 7.11 Å². The number of nitrogens with one attached hydrogen (secondary N) is 1. The fraction of sp³-hybridized carbons (Fsp3) is 0.500. The van der Waals surface area contributed by atoms with Crippen LogP contribution >= 0.6 is 11.3 Å². The summed E-state index contributed by atoms with van der Waals surface area (Å²) in [6.45, 7) is 3.46. The molecule has 1 amide bonds. The SMILES string of the molecule is COC(=O)C(C)NC(=O)Cc1csc(C)n1. The molecule has 1 rings (SSSR count). The van der Waals surface area contributed by atoms with Crippen LogP contribution in [0.1, 0.15) is 17.6 Å². The summed E-state index contributed by atoms with van der Waals surface area (Å²) in [5.74, 6) is -0.689. The van der Waals surface area contributed by atoms with E-state index in [9.17, 15) is 9.59 Å². The van der Waals surface area contributed by atoms with Gasteiger partial charge in [0.2, 0.25) is 5.91 Å². The van der Waals surface area contributed by atoms with Gasteiger partial charge in [-0.15, -0.1) is 11.3 Å². The molecule has 6 heteroatoms. The lowest BCUT2D eigenvalue weighted by Crippen LogP contribution is -2.39. The molecule has 0 saturated carbocycles. The highest BCUT2D eigenvalue weighted by molar-refractivity contribution is 7.09. The quantitative estimate of drug-likeness (QED) is 0.788. The number of carbonyl (C=O) groups excluding carboxylic acids is 2. The molecule has 0 spiro atoms. The molecular formula is C10H14N2O3S. The third-order valence-electron chi connectivity index (χ3n) is 1.94. The van der Waals surface area contributed by atoms with Crippen molar-refractivity contribution in [2.45, 2.75) is 26.3 Å². The normalized spacial score (nSPS) is 11.9. The van der Waals surface area contributed by atoms with Gasteiger partial charge in [0.1, 0.15) is 6.04 Å². The predicted octanol–water partition coefficient (Wildman–Crippen LogP) is 0.672. The molecule has 1 heterocycles. The second-order valence-electron chi connectivity index (χ2n) is 3.35. The molecule has 1 aromatic heterocycles. The first-order valence-electron chi connectivity index (χ1n) is 4.81. The Kier molecular flexibility index (Phi) is 4.42. The van der Waals surface area contributed by atoms with E-state index in [4.69, 9.17) is 0 Å². The Morgan fingerprint density at radius 3 is 2.81 bits per heavy atom. The first-order chi connectivity index (χ1) is 7.52. The first kappa shape index (κ1) is 12.6. The van der Waals surface area contributed by atoms with Crippen LogP contribution in [-0.4, -0.2) is 30.0 Å². The zero-order valence-electron chi connectivity index (χ0n) is 9.44. The van der Waals surface area contributed by atoms with Crippen LogP contribution in [0.5, 0.6) is 0 Å². The second kappa shape index (κ2) is 5.60. The maximum absolute atomic E-state index is 11.5. The lowest BCUT2D eigenvalue weighted by Gasteiger charge is -2.10. The molecule has 1 N–H and O–H groups in total. The smallest absolute Gasteiger partial charge is 0.328 e. The van der Waals surface area contributed by atoms with Crippen molar-refractivity contribution in [3.05, 3.63) is 16.1 Å². The zero-order valence-corrected chi connectivity index (χ0v) is 10.3. The van der Waals surface area contributed by atoms with Gasteiger partial charge in [0, 0.05) is 5.38 Å². The number of thiazole rings is 1. The molecule has 1 unspecified atom stereocenters. The number of aromatic nitrogens is 1. The van der Waals surface area contributed by atoms with Crippen molar-refractivity contribution in [1.29, 1.82) is 0 Å². The van der Waals surface area contributed by atoms with Gasteiger partial charge in [-0.05, 0) is 13.8 Å². The van der Waals surface area contributed by atoms with Gasteiger partial charge in [-0.25, -0.2) is 9.78 Å². The maximum Gasteiger partial charge on any atom is 0.328 e. The molecule has 16 heavy (non-hydrogen) atoms. The molecule has 0 aliphatic rings. The van der Waals surface area contributed by atoms with Crippen LogP contribution in [0.4, 0.5) is 0 Å². The van der Waals surface area contributed by atoms with E-state index in [0.29, 0.717) is 0 Å². The van der Waals surface area contributed by atoms with E-state index >= 15 is 0 Å². The monoisotopic (exact) mass is 242 g/mol. The number of rotatable bonds is 4. The molecule has 1 aromatic rings. The molecule has 0 aromatic carbocycles. The molecule has 5 nitrogen and oxygen atoms in total. The minimum Gasteiger partial charge on any atom is -0.467 e. The van der Waals surface area contributed by atoms with Crippen molar-refractivity contribution < 1.29 is 14.3 Å². The number of aryl methyl sites for hydroxylation is 1. The van der Waals surface area contributed by atoms with Gasteiger partial charge < -0.3 is 10.1 Å². The van der Waals surface area contributed by atoms with Gasteiger partial charge in [-0.1, -0.05) is 0 Å². The molecular weight excluding hydrogens is 228 g/mol. The Hall–Kier alpha value is -1.43. The van der Waals surface area contributed by atoms with Gasteiger partial charge in [0.25, 0.3) is 0 Å². The minimum absolute atomic E-state index is 0.186. The molecule has 0 radical (unpaired) electrons. The summed E-state index contributed by atoms with van der Waals surface area (Å²) in [6, 6.07) is -0.628. The fourth-order valence-corrected chi connectivity index (χ4v) is 1.79. The number of hydrogen-bond acceptors (Lipinski definition) is 5. The highest BCUT2D eigenvalue weighted by atomic mass is 32.1. The number of esters is 1. The van der Waals surface area contributed by atoms with Gasteiger partial charge in [0.15, 0.2) is 0 Å². The van der Waals surface area contributed by atoms with Crippen LogP contribution in [0.3, 0.4) is 0 Å². The lowest BCUT2D eigenvalue weighted by atomic mass is 10.3. The van der Waals surface area contributed by atoms with Crippen LogP contribution in [0, 0.1) is 6.92 Å². The Bertz CT molecular complexity index is 389. The molecule has 0 saturated heterocycles. The predicted molar refractivity (Wildman–Crippen MR) is 60.2 cm³/mol. The fourth-order valence-electron chi connectivity index (χ4n) is 1.18. The number of methoxy groups -OCH3 is 1. The summed E-state index contributed by atoms with van der Waals surface area (Å²) in [7, 11) is 1.29. The van der Waals surface area contributed by atoms with Crippen LogP contribution in [-0.2, 0) is 20.7 Å². The molecule has 0 aliphatic heterocycles. The zero-order chi connectivity index (χ0) is 12.1. The van der Waals surface area contributed by atoms with E-state index in [0.717, 1.165) is 10.7 Å². The van der Waals surface area contributed by atoms with Crippen molar-refractivity contribution in [2.24, 2.45) is 0 Å². The molecule has 88 valence electrons. The van der Waals surface area contributed by atoms with Crippen LogP contribution < -0.4 is 5.32 Å². The van der Waals surface area contributed by atoms with E-state index < -0.39 is 12.0 Å². The van der Waals surface area contributed by atoms with Gasteiger partial charge in [-0.2, -0.15) is 0 Å². The Balaban J connectivity index is 2.45. The largest absolute Gasteiger partial charge is 0.467 e. The van der Waals surface area contributed by atoms with Crippen LogP contribution in [0.15, 0.2) is 5.38 Å². The number of hydrogen-bond donors (Lipinski definition) is 1. The Morgan fingerprint density at radius 2 is 2.31 bits per heavy atom. The summed E-state index contributed by atoms with van der Waals surface area (Å²) in [6.07, 6.45) is 0.186. The van der Waals surface area contributed by atoms with E-state index in [1.54, 1.807) is 6.92 Å². The van der Waals surface area contributed by atoms with E-state index in [1.165, 1.54) is 18.4 Å². The summed E-state index contributed by atoms with van der Waals surface area (Å²) < 4.78 is 4.50. The van der Waals surface area contributed by atoms with E-state index in [2.05, 4.69) is 15.0 Å². The third-order valence-corrected chi connectivity index (χ3v) is 2.76. The van der Waals surface area contributed by atoms with Crippen molar-refractivity contribution >= 4 is 23.2 Å². The molecule has 0 fully saturated rings. The van der Waals surface area contributed by atoms with Crippen LogP contribution in [0.25, 0.3) is 0 Å². The minimum atomic E-state index is -0.628. The first-order valence-corrected chi connectivity index (χ1v) is 5.69. The summed E-state index contributed by atoms with van der Waals surface area (Å²) >= 11 is 1.49. The van der Waals surface area contributed by atoms with Crippen molar-refractivity contribution in [1.82, 2.24) is 10.3 Å². The molecule has 1 atom stereocenters. The highest BCUT2D eigenvalue weighted by Gasteiger charge is 2.16. The number of nitrogens with zero attached hydrogens (tertiary/aromatic N) is 1. The maximum atomic E-state index is 11.5. The number of ether oxygens (including phenoxy) is 1. The van der Waals surface area contributed by atoms with Gasteiger partial charge >= 0.3 is 5.97 Å². The van der Waals surface area contributed by atoms with Crippen LogP contribution in [0.2, 0.25) is 0 Å². The third kappa shape index (κ3) is 3.62. The number of carbonyl (C=O) groups is 2. The average Bonchev–Trinajstić information content (AvgIpc) is 2.62. The summed E-state index contributed by atoms with van der Waals surface area (Å²) in [5.41, 5.74) is 0.720. The molecule has 0 aliphatic carbocycles. The number of amides is 1. The highest BCUT2D eigenvalue weighted by Crippen LogP contribution is 2.08. The van der Waals surface area contributed by atoms with Gasteiger partial charge in [0.05, 0.1) is 24.2 Å². The van der Waals surface area contributed by atoms with E-state index in [1.807, 2.05) is 12.3 Å². The molecule has 0 bridgehead atoms. The Labute approximate surface area is 97.8 Å². The average molecular weight is 242 g/mol. The van der Waals surface area contributed by atoms with Gasteiger partial charge in [-0.3, -0.25) is 4.79 Å². The standard InChI is InChI=1S/C10H14N2O3S/c1-6(10(14)15-3)11-9(13)4-8-5-16-7(2)12-8/h5-6H,4H2,1-3H3,(H,11,13). The Morgan fingerprint density at radius 1 is 1.62 bits per heavy atom. The summed E-state index contributed by atoms with van der Waals surface area (Å²) in [4.78, 5) is 26.7. The van der Waals surface area contributed by atoms with Crippen molar-refractivity contribution in [3.8, 4) is 0 Å². The van der Waals surface area contributed by atoms with Crippen molar-refractivity contribution in [3.63, 3.8) is 0 Å². The lowest BCUT2D eigenvalue weighted by molar-refractivity contribution is -0.144. The topological polar surface area (TPSA) is 68.3 Å². The summed E-state index contributed by atoms with van der Waals surface area (Å²) in [5, 5.41) is 5.29. The van der Waals surface area contributed by atoms with E-state index in [-0.39, 0.29) is 12.3 Å². The second-order valence-corrected chi connectivity index (χ2v) is 4.41.